The molecular formula is C28H32FN5O4. The second kappa shape index (κ2) is 10.3. The molecule has 1 amide bonds. The van der Waals surface area contributed by atoms with Crippen LogP contribution in [0.4, 0.5) is 15.9 Å². The molecular weight excluding hydrogens is 489 g/mol. The lowest BCUT2D eigenvalue weighted by Gasteiger charge is -2.24. The van der Waals surface area contributed by atoms with Crippen molar-refractivity contribution >= 4 is 28.2 Å². The molecule has 2 fully saturated rings. The van der Waals surface area contributed by atoms with Crippen molar-refractivity contribution in [3.05, 3.63) is 46.9 Å². The van der Waals surface area contributed by atoms with Gasteiger partial charge in [0.05, 0.1) is 24.5 Å². The molecule has 4 heterocycles. The molecule has 3 aromatic rings. The Morgan fingerprint density at radius 3 is 2.92 bits per heavy atom. The first-order valence-corrected chi connectivity index (χ1v) is 13.4. The highest BCUT2D eigenvalue weighted by Gasteiger charge is 2.37. The fraction of sp³-hybridized carbons (Fsp3) is 0.464. The molecule has 10 heteroatoms. The van der Waals surface area contributed by atoms with Crippen molar-refractivity contribution in [1.82, 2.24) is 15.3 Å². The zero-order valence-corrected chi connectivity index (χ0v) is 21.5. The lowest BCUT2D eigenvalue weighted by atomic mass is 9.99. The second-order valence-electron chi connectivity index (χ2n) is 10.0. The van der Waals surface area contributed by atoms with E-state index in [9.17, 15) is 14.3 Å². The topological polar surface area (TPSA) is 100 Å². The van der Waals surface area contributed by atoms with Gasteiger partial charge in [-0.05, 0) is 55.3 Å². The van der Waals surface area contributed by atoms with Crippen LogP contribution in [0.1, 0.15) is 47.8 Å². The van der Waals surface area contributed by atoms with Crippen molar-refractivity contribution in [3.63, 3.8) is 0 Å². The van der Waals surface area contributed by atoms with Gasteiger partial charge < -0.3 is 29.7 Å². The van der Waals surface area contributed by atoms with Gasteiger partial charge in [0, 0.05) is 37.2 Å². The number of anilines is 2. The van der Waals surface area contributed by atoms with Crippen molar-refractivity contribution in [1.29, 1.82) is 0 Å². The number of ether oxygens (including phenoxy) is 2. The van der Waals surface area contributed by atoms with Crippen LogP contribution in [0, 0.1) is 5.82 Å². The lowest BCUT2D eigenvalue weighted by Crippen LogP contribution is -2.31. The molecule has 0 radical (unpaired) electrons. The Kier molecular flexibility index (Phi) is 6.75. The molecule has 9 nitrogen and oxygen atoms in total. The number of carbonyl (C=O) groups is 1. The van der Waals surface area contributed by atoms with E-state index in [1.807, 2.05) is 6.92 Å². The van der Waals surface area contributed by atoms with Crippen LogP contribution in [0.15, 0.2) is 24.3 Å². The van der Waals surface area contributed by atoms with Crippen molar-refractivity contribution in [3.8, 4) is 11.8 Å². The number of benzene rings is 2. The molecule has 2 aromatic carbocycles. The average molecular weight is 522 g/mol. The molecule has 2 saturated heterocycles. The van der Waals surface area contributed by atoms with Crippen molar-refractivity contribution in [2.45, 2.75) is 45.2 Å². The summed E-state index contributed by atoms with van der Waals surface area (Å²) in [4.78, 5) is 27.1. The van der Waals surface area contributed by atoms with Gasteiger partial charge in [-0.3, -0.25) is 4.79 Å². The molecule has 0 spiro atoms. The van der Waals surface area contributed by atoms with E-state index < -0.39 is 0 Å². The van der Waals surface area contributed by atoms with Crippen LogP contribution in [-0.2, 0) is 17.7 Å². The van der Waals surface area contributed by atoms with Crippen molar-refractivity contribution in [2.75, 3.05) is 49.3 Å². The van der Waals surface area contributed by atoms with E-state index in [4.69, 9.17) is 14.5 Å². The summed E-state index contributed by atoms with van der Waals surface area (Å²) in [5, 5.41) is 15.2. The van der Waals surface area contributed by atoms with Crippen molar-refractivity contribution in [2.24, 2.45) is 0 Å². The maximum Gasteiger partial charge on any atom is 0.318 e. The molecule has 1 aromatic heterocycles. The average Bonchev–Trinajstić information content (AvgIpc) is 3.45. The zero-order chi connectivity index (χ0) is 26.2. The van der Waals surface area contributed by atoms with E-state index in [0.29, 0.717) is 78.4 Å². The summed E-state index contributed by atoms with van der Waals surface area (Å²) < 4.78 is 26.5. The molecule has 200 valence electrons. The number of hydrogen-bond donors (Lipinski definition) is 2. The Balaban J connectivity index is 1.43. The van der Waals surface area contributed by atoms with Gasteiger partial charge in [-0.2, -0.15) is 9.97 Å². The first-order valence-electron chi connectivity index (χ1n) is 13.4. The first kappa shape index (κ1) is 24.8. The van der Waals surface area contributed by atoms with E-state index >= 15 is 0 Å². The summed E-state index contributed by atoms with van der Waals surface area (Å²) in [6.07, 6.45) is 3.41. The number of aryl methyl sites for hydroxylation is 1. The quantitative estimate of drug-likeness (QED) is 0.508. The smallest absolute Gasteiger partial charge is 0.318 e. The van der Waals surface area contributed by atoms with Gasteiger partial charge in [-0.25, -0.2) is 4.39 Å². The van der Waals surface area contributed by atoms with Gasteiger partial charge in [0.25, 0.3) is 5.91 Å². The summed E-state index contributed by atoms with van der Waals surface area (Å²) in [6.45, 7) is 5.96. The molecule has 1 unspecified atom stereocenters. The van der Waals surface area contributed by atoms with E-state index in [0.717, 1.165) is 25.8 Å². The summed E-state index contributed by atoms with van der Waals surface area (Å²) >= 11 is 0. The zero-order valence-electron chi connectivity index (χ0n) is 21.5. The number of nitrogens with zero attached hydrogens (tertiary/aromatic N) is 4. The van der Waals surface area contributed by atoms with E-state index in [2.05, 4.69) is 15.2 Å². The number of aromatic hydroxyl groups is 1. The third-order valence-corrected chi connectivity index (χ3v) is 7.59. The molecule has 6 rings (SSSR count). The van der Waals surface area contributed by atoms with Crippen molar-refractivity contribution < 1.29 is 23.8 Å². The molecule has 1 atom stereocenters. The molecule has 3 aliphatic rings. The highest BCUT2D eigenvalue weighted by atomic mass is 19.1. The van der Waals surface area contributed by atoms with Crippen LogP contribution in [0.2, 0.25) is 0 Å². The lowest BCUT2D eigenvalue weighted by molar-refractivity contribution is 0.0997. The van der Waals surface area contributed by atoms with Gasteiger partial charge in [0.1, 0.15) is 29.6 Å². The molecule has 2 N–H and O–H groups in total. The number of phenolic OH excluding ortho intramolecular Hbond substituents is 1. The molecule has 0 bridgehead atoms. The monoisotopic (exact) mass is 521 g/mol. The fourth-order valence-corrected chi connectivity index (χ4v) is 5.72. The van der Waals surface area contributed by atoms with Gasteiger partial charge in [-0.1, -0.05) is 13.0 Å². The highest BCUT2D eigenvalue weighted by molar-refractivity contribution is 6.16. The van der Waals surface area contributed by atoms with Crippen LogP contribution >= 0.6 is 0 Å². The minimum absolute atomic E-state index is 0.00831. The predicted octanol–water partition coefficient (Wildman–Crippen LogP) is 3.55. The molecule has 38 heavy (non-hydrogen) atoms. The number of halogens is 1. The number of fused-ring (bicyclic) bond motifs is 2. The van der Waals surface area contributed by atoms with E-state index in [1.54, 1.807) is 17.0 Å². The van der Waals surface area contributed by atoms with E-state index in [-0.39, 0.29) is 36.1 Å². The van der Waals surface area contributed by atoms with Crippen LogP contribution in [0.5, 0.6) is 11.8 Å². The predicted molar refractivity (Wildman–Crippen MR) is 142 cm³/mol. The minimum atomic E-state index is -0.336. The summed E-state index contributed by atoms with van der Waals surface area (Å²) in [5.41, 5.74) is 1.95. The normalized spacial score (nSPS) is 19.7. The number of phenols is 1. The number of aromatic nitrogens is 2. The number of amides is 1. The summed E-state index contributed by atoms with van der Waals surface area (Å²) in [5.74, 6) is -0.0672. The van der Waals surface area contributed by atoms with Crippen LogP contribution in [0.25, 0.3) is 10.8 Å². The second-order valence-corrected chi connectivity index (χ2v) is 10.0. The number of carbonyl (C=O) groups excluding carboxylic acids is 1. The highest BCUT2D eigenvalue weighted by Crippen LogP contribution is 2.41. The van der Waals surface area contributed by atoms with Gasteiger partial charge in [-0.15, -0.1) is 0 Å². The largest absolute Gasteiger partial charge is 0.508 e. The maximum absolute atomic E-state index is 14.8. The van der Waals surface area contributed by atoms with Crippen LogP contribution in [0.3, 0.4) is 0 Å². The maximum atomic E-state index is 14.8. The summed E-state index contributed by atoms with van der Waals surface area (Å²) in [6, 6.07) is 6.65. The van der Waals surface area contributed by atoms with Gasteiger partial charge in [0.2, 0.25) is 0 Å². The first-order chi connectivity index (χ1) is 18.5. The Morgan fingerprint density at radius 2 is 2.11 bits per heavy atom. The third-order valence-electron chi connectivity index (χ3n) is 7.59. The van der Waals surface area contributed by atoms with Gasteiger partial charge in [0.15, 0.2) is 0 Å². The molecule has 0 aliphatic carbocycles. The fourth-order valence-electron chi connectivity index (χ4n) is 5.72. The summed E-state index contributed by atoms with van der Waals surface area (Å²) in [7, 11) is 0. The number of nitrogens with one attached hydrogen (secondary N) is 1. The Bertz CT molecular complexity index is 1370. The number of rotatable bonds is 6. The van der Waals surface area contributed by atoms with Crippen LogP contribution in [-0.4, -0.2) is 66.5 Å². The third kappa shape index (κ3) is 4.52. The molecule has 0 saturated carbocycles. The Morgan fingerprint density at radius 1 is 1.21 bits per heavy atom. The Labute approximate surface area is 220 Å². The SMILES string of the molecule is CCc1c(F)ccc2cc(O)cc(N3Cc4nc(OCC5CCCN5)nc(N5CCCOCC5)c4C3=O)c12. The number of hydrogen-bond acceptors (Lipinski definition) is 8. The van der Waals surface area contributed by atoms with E-state index in [1.165, 1.54) is 12.1 Å². The molecule has 3 aliphatic heterocycles. The standard InChI is InChI=1S/C28H32FN5O4/c1-2-20-21(29)7-6-17-13-19(35)14-23(24(17)20)34-15-22-25(27(34)36)26(33-9-4-11-37-12-10-33)32-28(31-22)38-16-18-5-3-8-30-18/h6-7,13-14,18,30,35H,2-5,8-12,15-16H2,1H3. The van der Waals surface area contributed by atoms with Gasteiger partial charge >= 0.3 is 6.01 Å². The minimum Gasteiger partial charge on any atom is -0.508 e. The van der Waals surface area contributed by atoms with Crippen LogP contribution < -0.4 is 19.9 Å². The Hall–Kier alpha value is -3.50.